The number of hydrogen-bond donors (Lipinski definition) is 1. The van der Waals surface area contributed by atoms with Crippen LogP contribution in [0.2, 0.25) is 0 Å². The van der Waals surface area contributed by atoms with Crippen molar-refractivity contribution in [2.75, 3.05) is 6.54 Å². The third-order valence-corrected chi connectivity index (χ3v) is 4.18. The first kappa shape index (κ1) is 18.9. The van der Waals surface area contributed by atoms with E-state index in [9.17, 15) is 18.0 Å². The zero-order chi connectivity index (χ0) is 19.8. The summed E-state index contributed by atoms with van der Waals surface area (Å²) in [4.78, 5) is 15.1. The Labute approximate surface area is 153 Å². The van der Waals surface area contributed by atoms with Crippen molar-refractivity contribution >= 4 is 16.8 Å². The number of nitrogens with zero attached hydrogens (tertiary/aromatic N) is 3. The predicted molar refractivity (Wildman–Crippen MR) is 92.8 cm³/mol. The first-order chi connectivity index (χ1) is 12.7. The highest BCUT2D eigenvalue weighted by Crippen LogP contribution is 2.31. The minimum Gasteiger partial charge on any atom is -0.354 e. The number of nitrogens with one attached hydrogen (secondary N) is 1. The van der Waals surface area contributed by atoms with Gasteiger partial charge in [-0.05, 0) is 18.6 Å². The van der Waals surface area contributed by atoms with Crippen LogP contribution in [0.1, 0.15) is 25.3 Å². The average molecular weight is 380 g/mol. The van der Waals surface area contributed by atoms with Crippen LogP contribution in [0.4, 0.5) is 13.2 Å². The summed E-state index contributed by atoms with van der Waals surface area (Å²) in [5.41, 5.74) is 2.27. The number of halogens is 3. The van der Waals surface area contributed by atoms with E-state index < -0.39 is 12.1 Å². The molecule has 1 amide bonds. The van der Waals surface area contributed by atoms with Crippen LogP contribution in [-0.2, 0) is 17.5 Å². The van der Waals surface area contributed by atoms with Gasteiger partial charge < -0.3 is 14.4 Å². The lowest BCUT2D eigenvalue weighted by Gasteiger charge is -2.09. The van der Waals surface area contributed by atoms with Crippen LogP contribution in [0.25, 0.3) is 22.3 Å². The maximum atomic E-state index is 12.7. The molecule has 144 valence electrons. The second kappa shape index (κ2) is 7.05. The fourth-order valence-corrected chi connectivity index (χ4v) is 2.76. The Hall–Kier alpha value is -2.84. The molecule has 9 heteroatoms. The van der Waals surface area contributed by atoms with Crippen molar-refractivity contribution in [3.05, 3.63) is 35.9 Å². The van der Waals surface area contributed by atoms with Crippen LogP contribution >= 0.6 is 0 Å². The van der Waals surface area contributed by atoms with Crippen molar-refractivity contribution < 1.29 is 22.5 Å². The average Bonchev–Trinajstić information content (AvgIpc) is 3.20. The van der Waals surface area contributed by atoms with E-state index in [-0.39, 0.29) is 17.6 Å². The van der Waals surface area contributed by atoms with Gasteiger partial charge in [-0.15, -0.1) is 0 Å². The number of hydrogen-bond acceptors (Lipinski definition) is 4. The lowest BCUT2D eigenvalue weighted by molar-refractivity contribution is -0.159. The van der Waals surface area contributed by atoms with Gasteiger partial charge >= 0.3 is 12.1 Å². The van der Waals surface area contributed by atoms with Crippen LogP contribution in [0.5, 0.6) is 0 Å². The van der Waals surface area contributed by atoms with Crippen LogP contribution in [-0.4, -0.2) is 27.2 Å². The summed E-state index contributed by atoms with van der Waals surface area (Å²) >= 11 is 0. The van der Waals surface area contributed by atoms with Gasteiger partial charge in [0.25, 0.3) is 0 Å². The topological polar surface area (TPSA) is 73.0 Å². The smallest absolute Gasteiger partial charge is 0.354 e. The van der Waals surface area contributed by atoms with Crippen LogP contribution in [0.3, 0.4) is 0 Å². The van der Waals surface area contributed by atoms with E-state index in [0.717, 1.165) is 16.5 Å². The maximum absolute atomic E-state index is 12.7. The summed E-state index contributed by atoms with van der Waals surface area (Å²) in [7, 11) is 0. The lowest BCUT2D eigenvalue weighted by Crippen LogP contribution is -2.30. The molecule has 0 saturated heterocycles. The number of alkyl halides is 3. The van der Waals surface area contributed by atoms with E-state index in [2.05, 4.69) is 20.0 Å². The molecule has 0 aliphatic rings. The highest BCUT2D eigenvalue weighted by Gasteiger charge is 2.38. The number of rotatable bonds is 5. The molecule has 0 aliphatic heterocycles. The van der Waals surface area contributed by atoms with Crippen LogP contribution < -0.4 is 5.32 Å². The highest BCUT2D eigenvalue weighted by molar-refractivity contribution is 5.87. The van der Waals surface area contributed by atoms with Gasteiger partial charge in [0.15, 0.2) is 0 Å². The Morgan fingerprint density at radius 3 is 2.70 bits per heavy atom. The van der Waals surface area contributed by atoms with Gasteiger partial charge in [0.2, 0.25) is 11.7 Å². The number of fused-ring (bicyclic) bond motifs is 1. The molecular weight excluding hydrogens is 361 g/mol. The summed E-state index contributed by atoms with van der Waals surface area (Å²) in [6, 6.07) is 5.19. The molecule has 0 aliphatic carbocycles. The molecule has 1 aromatic carbocycles. The largest absolute Gasteiger partial charge is 0.471 e. The Balaban J connectivity index is 1.87. The molecule has 27 heavy (non-hydrogen) atoms. The van der Waals surface area contributed by atoms with Gasteiger partial charge in [-0.1, -0.05) is 31.1 Å². The highest BCUT2D eigenvalue weighted by atomic mass is 19.4. The van der Waals surface area contributed by atoms with Gasteiger partial charge in [-0.3, -0.25) is 4.79 Å². The monoisotopic (exact) mass is 380 g/mol. The second-order valence-corrected chi connectivity index (χ2v) is 6.60. The number of amides is 1. The minimum atomic E-state index is -4.68. The van der Waals surface area contributed by atoms with Crippen LogP contribution in [0, 0.1) is 12.8 Å². The normalized spacial score (nSPS) is 12.1. The Morgan fingerprint density at radius 1 is 1.33 bits per heavy atom. The quantitative estimate of drug-likeness (QED) is 0.731. The van der Waals surface area contributed by atoms with E-state index in [1.807, 2.05) is 37.6 Å². The third-order valence-electron chi connectivity index (χ3n) is 4.18. The van der Waals surface area contributed by atoms with Crippen molar-refractivity contribution in [1.29, 1.82) is 0 Å². The summed E-state index contributed by atoms with van der Waals surface area (Å²) in [5, 5.41) is 7.24. The fourth-order valence-electron chi connectivity index (χ4n) is 2.76. The van der Waals surface area contributed by atoms with E-state index in [4.69, 9.17) is 0 Å². The minimum absolute atomic E-state index is 0.0321. The molecule has 0 saturated carbocycles. The fraction of sp³-hybridized carbons (Fsp3) is 0.389. The van der Waals surface area contributed by atoms with Crippen molar-refractivity contribution in [3.63, 3.8) is 0 Å². The molecule has 0 radical (unpaired) electrons. The third kappa shape index (κ3) is 3.96. The Bertz CT molecular complexity index is 973. The van der Waals surface area contributed by atoms with Crippen molar-refractivity contribution in [3.8, 4) is 11.4 Å². The summed E-state index contributed by atoms with van der Waals surface area (Å²) in [6.45, 7) is 6.56. The molecule has 2 aromatic heterocycles. The first-order valence-corrected chi connectivity index (χ1v) is 8.45. The number of benzene rings is 1. The van der Waals surface area contributed by atoms with E-state index in [1.54, 1.807) is 12.1 Å². The summed E-state index contributed by atoms with van der Waals surface area (Å²) < 4.78 is 44.2. The number of carbonyl (C=O) groups excluding carboxylic acids is 1. The first-order valence-electron chi connectivity index (χ1n) is 8.45. The van der Waals surface area contributed by atoms with Gasteiger partial charge in [0, 0.05) is 41.7 Å². The zero-order valence-corrected chi connectivity index (χ0v) is 15.1. The molecule has 3 aromatic rings. The summed E-state index contributed by atoms with van der Waals surface area (Å²) in [6.07, 6.45) is -2.74. The maximum Gasteiger partial charge on any atom is 0.471 e. The molecule has 0 unspecified atom stereocenters. The summed E-state index contributed by atoms with van der Waals surface area (Å²) in [5.74, 6) is -1.63. The molecule has 2 heterocycles. The van der Waals surface area contributed by atoms with E-state index in [0.29, 0.717) is 18.7 Å². The molecular formula is C18H19F3N4O2. The lowest BCUT2D eigenvalue weighted by atomic mass is 10.1. The van der Waals surface area contributed by atoms with Gasteiger partial charge in [-0.2, -0.15) is 18.2 Å². The van der Waals surface area contributed by atoms with Crippen molar-refractivity contribution in [2.24, 2.45) is 5.92 Å². The molecule has 1 N–H and O–H groups in total. The number of carbonyl (C=O) groups is 1. The van der Waals surface area contributed by atoms with Gasteiger partial charge in [-0.25, -0.2) is 0 Å². The van der Waals surface area contributed by atoms with Crippen molar-refractivity contribution in [2.45, 2.75) is 33.5 Å². The zero-order valence-electron chi connectivity index (χ0n) is 15.1. The number of aromatic nitrogens is 3. The van der Waals surface area contributed by atoms with Crippen LogP contribution in [0.15, 0.2) is 28.9 Å². The predicted octanol–water partition coefficient (Wildman–Crippen LogP) is 3.79. The van der Waals surface area contributed by atoms with Gasteiger partial charge in [0.1, 0.15) is 0 Å². The number of aryl methyl sites for hydroxylation is 1. The SMILES string of the molecule is Cc1cn(CCNC(=O)C(C)C)c2cc(-c3noc(C(F)(F)F)n3)ccc12. The standard InChI is InChI=1S/C18H19F3N4O2/c1-10(2)16(26)22-6-7-25-9-11(3)13-5-4-12(8-14(13)25)15-23-17(27-24-15)18(19,20)21/h4-5,8-10H,6-7H2,1-3H3,(H,22,26). The second-order valence-electron chi connectivity index (χ2n) is 6.60. The molecule has 0 bridgehead atoms. The Morgan fingerprint density at radius 2 is 2.07 bits per heavy atom. The molecule has 0 spiro atoms. The molecule has 0 atom stereocenters. The van der Waals surface area contributed by atoms with Gasteiger partial charge in [0.05, 0.1) is 0 Å². The van der Waals surface area contributed by atoms with Crippen molar-refractivity contribution in [1.82, 2.24) is 20.0 Å². The van der Waals surface area contributed by atoms with E-state index in [1.165, 1.54) is 0 Å². The molecule has 6 nitrogen and oxygen atoms in total. The molecule has 3 rings (SSSR count). The Kier molecular flexibility index (Phi) is 4.95. The van der Waals surface area contributed by atoms with E-state index >= 15 is 0 Å². The molecule has 0 fully saturated rings.